The van der Waals surface area contributed by atoms with Gasteiger partial charge in [0.25, 0.3) is 11.6 Å². The SMILES string of the molecule is Cc1ccc([N+](=O)[O-])c(C(=O)N2CCC(c3nnc4n3CCNC4)CC2)c1. The predicted molar refractivity (Wildman–Crippen MR) is 97.4 cm³/mol. The van der Waals surface area contributed by atoms with Gasteiger partial charge < -0.3 is 14.8 Å². The molecule has 1 aromatic heterocycles. The van der Waals surface area contributed by atoms with Crippen molar-refractivity contribution in [2.24, 2.45) is 0 Å². The van der Waals surface area contributed by atoms with E-state index in [9.17, 15) is 14.9 Å². The standard InChI is InChI=1S/C18H22N6O3/c1-12-2-3-15(24(26)27)14(10-12)18(25)22-7-4-13(5-8-22)17-21-20-16-11-19-6-9-23(16)17/h2-3,10,13,19H,4-9,11H2,1H3. The van der Waals surface area contributed by atoms with Gasteiger partial charge in [-0.3, -0.25) is 14.9 Å². The van der Waals surface area contributed by atoms with Crippen LogP contribution in [0.25, 0.3) is 0 Å². The molecule has 4 rings (SSSR count). The molecule has 1 amide bonds. The Labute approximate surface area is 156 Å². The second-order valence-electron chi connectivity index (χ2n) is 7.15. The van der Waals surface area contributed by atoms with Crippen LogP contribution in [0, 0.1) is 17.0 Å². The number of carbonyl (C=O) groups excluding carboxylic acids is 1. The largest absolute Gasteiger partial charge is 0.338 e. The first kappa shape index (κ1) is 17.6. The number of nitrogens with zero attached hydrogens (tertiary/aromatic N) is 5. The zero-order chi connectivity index (χ0) is 19.0. The molecule has 2 aliphatic heterocycles. The van der Waals surface area contributed by atoms with Gasteiger partial charge >= 0.3 is 0 Å². The summed E-state index contributed by atoms with van der Waals surface area (Å²) in [6, 6.07) is 4.67. The zero-order valence-corrected chi connectivity index (χ0v) is 15.2. The van der Waals surface area contributed by atoms with E-state index < -0.39 is 4.92 Å². The number of fused-ring (bicyclic) bond motifs is 1. The summed E-state index contributed by atoms with van der Waals surface area (Å²) in [5, 5.41) is 23.2. The van der Waals surface area contributed by atoms with E-state index in [4.69, 9.17) is 0 Å². The number of hydrogen-bond donors (Lipinski definition) is 1. The fourth-order valence-electron chi connectivity index (χ4n) is 3.91. The Hall–Kier alpha value is -2.81. The first-order valence-electron chi connectivity index (χ1n) is 9.21. The van der Waals surface area contributed by atoms with Gasteiger partial charge in [0.2, 0.25) is 0 Å². The molecule has 1 N–H and O–H groups in total. The molecule has 0 saturated carbocycles. The quantitative estimate of drug-likeness (QED) is 0.650. The molecular weight excluding hydrogens is 348 g/mol. The molecule has 0 radical (unpaired) electrons. The lowest BCUT2D eigenvalue weighted by Gasteiger charge is -2.32. The highest BCUT2D eigenvalue weighted by molar-refractivity contribution is 5.98. The number of nitro benzene ring substituents is 1. The van der Waals surface area contributed by atoms with Crippen molar-refractivity contribution in [2.45, 2.75) is 38.8 Å². The van der Waals surface area contributed by atoms with Crippen LogP contribution < -0.4 is 5.32 Å². The monoisotopic (exact) mass is 370 g/mol. The number of benzene rings is 1. The summed E-state index contributed by atoms with van der Waals surface area (Å²) in [4.78, 5) is 25.4. The lowest BCUT2D eigenvalue weighted by Crippen LogP contribution is -2.39. The molecule has 0 unspecified atom stereocenters. The lowest BCUT2D eigenvalue weighted by atomic mass is 9.95. The third kappa shape index (κ3) is 3.30. The Bertz CT molecular complexity index is 885. The molecule has 9 heteroatoms. The molecule has 0 atom stereocenters. The maximum absolute atomic E-state index is 12.9. The molecule has 1 fully saturated rings. The Morgan fingerprint density at radius 2 is 2.04 bits per heavy atom. The highest BCUT2D eigenvalue weighted by atomic mass is 16.6. The van der Waals surface area contributed by atoms with E-state index in [1.807, 2.05) is 6.92 Å². The van der Waals surface area contributed by atoms with Crippen molar-refractivity contribution in [1.29, 1.82) is 0 Å². The average molecular weight is 370 g/mol. The third-order valence-corrected chi connectivity index (χ3v) is 5.38. The predicted octanol–water partition coefficient (Wildman–Crippen LogP) is 1.62. The average Bonchev–Trinajstić information content (AvgIpc) is 3.11. The normalized spacial score (nSPS) is 17.6. The van der Waals surface area contributed by atoms with E-state index in [0.717, 1.165) is 49.7 Å². The molecule has 2 aliphatic rings. The third-order valence-electron chi connectivity index (χ3n) is 5.38. The van der Waals surface area contributed by atoms with Crippen LogP contribution in [0.15, 0.2) is 18.2 Å². The molecule has 142 valence electrons. The van der Waals surface area contributed by atoms with Crippen LogP contribution in [0.5, 0.6) is 0 Å². The van der Waals surface area contributed by atoms with Crippen molar-refractivity contribution in [3.05, 3.63) is 51.1 Å². The summed E-state index contributed by atoms with van der Waals surface area (Å²) in [5.41, 5.74) is 0.874. The summed E-state index contributed by atoms with van der Waals surface area (Å²) in [6.07, 6.45) is 1.58. The van der Waals surface area contributed by atoms with Crippen LogP contribution in [-0.2, 0) is 13.1 Å². The first-order chi connectivity index (χ1) is 13.0. The summed E-state index contributed by atoms with van der Waals surface area (Å²) in [7, 11) is 0. The van der Waals surface area contributed by atoms with Gasteiger partial charge in [0.05, 0.1) is 11.5 Å². The first-order valence-corrected chi connectivity index (χ1v) is 9.21. The van der Waals surface area contributed by atoms with Crippen molar-refractivity contribution in [1.82, 2.24) is 25.0 Å². The Balaban J connectivity index is 1.48. The molecule has 3 heterocycles. The molecule has 27 heavy (non-hydrogen) atoms. The maximum Gasteiger partial charge on any atom is 0.282 e. The van der Waals surface area contributed by atoms with Crippen LogP contribution in [0.1, 0.15) is 46.3 Å². The zero-order valence-electron chi connectivity index (χ0n) is 15.2. The topological polar surface area (TPSA) is 106 Å². The van der Waals surface area contributed by atoms with Gasteiger partial charge in [-0.05, 0) is 31.4 Å². The Morgan fingerprint density at radius 3 is 2.78 bits per heavy atom. The number of likely N-dealkylation sites (tertiary alicyclic amines) is 1. The number of nitro groups is 1. The number of hydrogen-bond acceptors (Lipinski definition) is 6. The molecule has 0 aliphatic carbocycles. The van der Waals surface area contributed by atoms with Gasteiger partial charge in [-0.1, -0.05) is 6.07 Å². The van der Waals surface area contributed by atoms with Crippen molar-refractivity contribution in [3.8, 4) is 0 Å². The van der Waals surface area contributed by atoms with Crippen LogP contribution in [-0.4, -0.2) is 50.1 Å². The molecule has 0 bridgehead atoms. The second-order valence-corrected chi connectivity index (χ2v) is 7.15. The number of piperidine rings is 1. The number of amides is 1. The second kappa shape index (κ2) is 7.07. The van der Waals surface area contributed by atoms with Gasteiger partial charge in [-0.2, -0.15) is 0 Å². The van der Waals surface area contributed by atoms with E-state index in [1.54, 1.807) is 17.0 Å². The van der Waals surface area contributed by atoms with Crippen LogP contribution in [0.3, 0.4) is 0 Å². The number of aromatic nitrogens is 3. The summed E-state index contributed by atoms with van der Waals surface area (Å²) in [5.74, 6) is 1.96. The number of rotatable bonds is 3. The number of carbonyl (C=O) groups is 1. The molecular formula is C18H22N6O3. The van der Waals surface area contributed by atoms with E-state index in [0.29, 0.717) is 13.1 Å². The number of nitrogens with one attached hydrogen (secondary N) is 1. The van der Waals surface area contributed by atoms with Crippen molar-refractivity contribution in [3.63, 3.8) is 0 Å². The van der Waals surface area contributed by atoms with Crippen molar-refractivity contribution >= 4 is 11.6 Å². The van der Waals surface area contributed by atoms with Gasteiger partial charge in [0, 0.05) is 38.2 Å². The lowest BCUT2D eigenvalue weighted by molar-refractivity contribution is -0.385. The Kier molecular flexibility index (Phi) is 4.61. The number of aryl methyl sites for hydroxylation is 1. The van der Waals surface area contributed by atoms with Gasteiger partial charge in [-0.25, -0.2) is 0 Å². The minimum absolute atomic E-state index is 0.133. The van der Waals surface area contributed by atoms with Crippen LogP contribution in [0.4, 0.5) is 5.69 Å². The summed E-state index contributed by atoms with van der Waals surface area (Å²) >= 11 is 0. The van der Waals surface area contributed by atoms with E-state index in [-0.39, 0.29) is 23.1 Å². The molecule has 0 spiro atoms. The van der Waals surface area contributed by atoms with Crippen LogP contribution in [0.2, 0.25) is 0 Å². The van der Waals surface area contributed by atoms with Crippen LogP contribution >= 0.6 is 0 Å². The minimum atomic E-state index is -0.490. The summed E-state index contributed by atoms with van der Waals surface area (Å²) in [6.45, 7) is 5.47. The highest BCUT2D eigenvalue weighted by Crippen LogP contribution is 2.30. The van der Waals surface area contributed by atoms with E-state index >= 15 is 0 Å². The minimum Gasteiger partial charge on any atom is -0.338 e. The van der Waals surface area contributed by atoms with Gasteiger partial charge in [0.1, 0.15) is 17.2 Å². The fraction of sp³-hybridized carbons (Fsp3) is 0.500. The fourth-order valence-corrected chi connectivity index (χ4v) is 3.91. The molecule has 1 saturated heterocycles. The van der Waals surface area contributed by atoms with E-state index in [1.165, 1.54) is 6.07 Å². The van der Waals surface area contributed by atoms with Crippen molar-refractivity contribution in [2.75, 3.05) is 19.6 Å². The maximum atomic E-state index is 12.9. The molecule has 1 aromatic carbocycles. The molecule has 9 nitrogen and oxygen atoms in total. The van der Waals surface area contributed by atoms with Gasteiger partial charge in [-0.15, -0.1) is 10.2 Å². The Morgan fingerprint density at radius 1 is 1.26 bits per heavy atom. The van der Waals surface area contributed by atoms with Gasteiger partial charge in [0.15, 0.2) is 0 Å². The summed E-state index contributed by atoms with van der Waals surface area (Å²) < 4.78 is 2.18. The molecule has 2 aromatic rings. The highest BCUT2D eigenvalue weighted by Gasteiger charge is 2.31. The van der Waals surface area contributed by atoms with E-state index in [2.05, 4.69) is 20.1 Å². The smallest absolute Gasteiger partial charge is 0.282 e. The van der Waals surface area contributed by atoms with Crippen molar-refractivity contribution < 1.29 is 9.72 Å².